The minimum absolute atomic E-state index is 0.169. The van der Waals surface area contributed by atoms with Crippen molar-refractivity contribution in [2.75, 3.05) is 5.32 Å². The van der Waals surface area contributed by atoms with Gasteiger partial charge in [-0.15, -0.1) is 0 Å². The van der Waals surface area contributed by atoms with Crippen molar-refractivity contribution < 1.29 is 9.59 Å². The van der Waals surface area contributed by atoms with Crippen LogP contribution in [-0.4, -0.2) is 17.6 Å². The van der Waals surface area contributed by atoms with Gasteiger partial charge in [0, 0.05) is 11.6 Å². The lowest BCUT2D eigenvalue weighted by molar-refractivity contribution is -0.121. The summed E-state index contributed by atoms with van der Waals surface area (Å²) in [4.78, 5) is 22.7. The summed E-state index contributed by atoms with van der Waals surface area (Å²) in [6, 6.07) is 8.11. The minimum Gasteiger partial charge on any atom is -0.373 e. The molecule has 1 aromatic carbocycles. The summed E-state index contributed by atoms with van der Waals surface area (Å²) >= 11 is 0. The van der Waals surface area contributed by atoms with Crippen LogP contribution in [0.1, 0.15) is 58.9 Å². The van der Waals surface area contributed by atoms with Gasteiger partial charge in [-0.2, -0.15) is 0 Å². The number of rotatable bonds is 10. The molecule has 3 nitrogen and oxygen atoms in total. The van der Waals surface area contributed by atoms with Crippen LogP contribution in [0, 0.1) is 5.92 Å². The molecule has 0 amide bonds. The molecule has 122 valence electrons. The van der Waals surface area contributed by atoms with Gasteiger partial charge in [0.2, 0.25) is 0 Å². The summed E-state index contributed by atoms with van der Waals surface area (Å²) in [5.74, 6) is 0.466. The number of Topliss-reactive ketones (excluding diaryl/α,β-unsaturated/α-hetero) is 1. The molecule has 1 N–H and O–H groups in total. The van der Waals surface area contributed by atoms with E-state index in [4.69, 9.17) is 0 Å². The summed E-state index contributed by atoms with van der Waals surface area (Å²) < 4.78 is 0. The topological polar surface area (TPSA) is 46.2 Å². The largest absolute Gasteiger partial charge is 0.373 e. The van der Waals surface area contributed by atoms with Gasteiger partial charge in [-0.1, -0.05) is 31.9 Å². The maximum absolute atomic E-state index is 11.7. The van der Waals surface area contributed by atoms with Gasteiger partial charge in [0.25, 0.3) is 0 Å². The van der Waals surface area contributed by atoms with Crippen LogP contribution in [0.15, 0.2) is 24.3 Å². The number of aryl methyl sites for hydroxylation is 1. The van der Waals surface area contributed by atoms with Crippen molar-refractivity contribution >= 4 is 17.8 Å². The first kappa shape index (κ1) is 18.4. The average Bonchev–Trinajstić information content (AvgIpc) is 2.47. The van der Waals surface area contributed by atoms with Crippen molar-refractivity contribution in [3.63, 3.8) is 0 Å². The van der Waals surface area contributed by atoms with E-state index in [-0.39, 0.29) is 5.92 Å². The van der Waals surface area contributed by atoms with Crippen LogP contribution < -0.4 is 5.32 Å². The highest BCUT2D eigenvalue weighted by Gasteiger charge is 2.16. The molecule has 0 aliphatic rings. The average molecular weight is 303 g/mol. The first-order chi connectivity index (χ1) is 10.4. The molecular formula is C19H29NO2. The van der Waals surface area contributed by atoms with E-state index >= 15 is 0 Å². The predicted octanol–water partition coefficient (Wildman–Crippen LogP) is 4.40. The zero-order chi connectivity index (χ0) is 16.6. The van der Waals surface area contributed by atoms with Crippen molar-refractivity contribution in [2.45, 2.75) is 65.3 Å². The van der Waals surface area contributed by atoms with Crippen LogP contribution in [0.25, 0.3) is 0 Å². The first-order valence-corrected chi connectivity index (χ1v) is 8.22. The van der Waals surface area contributed by atoms with E-state index < -0.39 is 5.54 Å². The summed E-state index contributed by atoms with van der Waals surface area (Å²) in [6.45, 7) is 7.55. The lowest BCUT2D eigenvalue weighted by Gasteiger charge is -2.21. The highest BCUT2D eigenvalue weighted by molar-refractivity contribution is 5.78. The third kappa shape index (κ3) is 6.42. The summed E-state index contributed by atoms with van der Waals surface area (Å²) in [5, 5.41) is 3.22. The number of anilines is 1. The maximum Gasteiger partial charge on any atom is 0.144 e. The quantitative estimate of drug-likeness (QED) is 0.651. The molecule has 0 aromatic heterocycles. The third-order valence-electron chi connectivity index (χ3n) is 3.95. The van der Waals surface area contributed by atoms with Gasteiger partial charge in [0.05, 0.1) is 5.54 Å². The van der Waals surface area contributed by atoms with Crippen LogP contribution in [0.4, 0.5) is 5.69 Å². The van der Waals surface area contributed by atoms with Crippen molar-refractivity contribution in [2.24, 2.45) is 5.92 Å². The minimum atomic E-state index is -0.568. The Morgan fingerprint density at radius 3 is 2.64 bits per heavy atom. The Kier molecular flexibility index (Phi) is 7.30. The van der Waals surface area contributed by atoms with Gasteiger partial charge in [0.15, 0.2) is 0 Å². The Morgan fingerprint density at radius 1 is 1.32 bits per heavy atom. The van der Waals surface area contributed by atoms with Gasteiger partial charge in [-0.25, -0.2) is 0 Å². The van der Waals surface area contributed by atoms with E-state index in [0.717, 1.165) is 44.1 Å². The summed E-state index contributed by atoms with van der Waals surface area (Å²) in [6.07, 6.45) is 5.93. The van der Waals surface area contributed by atoms with E-state index in [1.165, 1.54) is 5.56 Å². The van der Waals surface area contributed by atoms with Crippen LogP contribution >= 0.6 is 0 Å². The van der Waals surface area contributed by atoms with E-state index in [1.54, 1.807) is 6.92 Å². The molecular weight excluding hydrogens is 274 g/mol. The fourth-order valence-electron chi connectivity index (χ4n) is 2.55. The molecule has 0 bridgehead atoms. The second-order valence-electron chi connectivity index (χ2n) is 6.65. The summed E-state index contributed by atoms with van der Waals surface area (Å²) in [7, 11) is 0. The molecule has 0 fully saturated rings. The number of aldehydes is 1. The zero-order valence-electron chi connectivity index (χ0n) is 14.3. The lowest BCUT2D eigenvalue weighted by atomic mass is 9.91. The predicted molar refractivity (Wildman–Crippen MR) is 92.2 cm³/mol. The Morgan fingerprint density at radius 2 is 2.05 bits per heavy atom. The number of carbonyl (C=O) groups excluding carboxylic acids is 2. The molecule has 0 spiro atoms. The maximum atomic E-state index is 11.7. The molecule has 1 unspecified atom stereocenters. The molecule has 3 heteroatoms. The van der Waals surface area contributed by atoms with Crippen LogP contribution in [0.3, 0.4) is 0 Å². The van der Waals surface area contributed by atoms with Crippen LogP contribution in [0.5, 0.6) is 0 Å². The van der Waals surface area contributed by atoms with E-state index in [0.29, 0.717) is 5.78 Å². The monoisotopic (exact) mass is 303 g/mol. The van der Waals surface area contributed by atoms with E-state index in [9.17, 15) is 9.59 Å². The molecule has 1 rings (SSSR count). The molecule has 0 radical (unpaired) electrons. The number of hydrogen-bond acceptors (Lipinski definition) is 3. The van der Waals surface area contributed by atoms with Gasteiger partial charge in [0.1, 0.15) is 12.1 Å². The lowest BCUT2D eigenvalue weighted by Crippen LogP contribution is -2.32. The van der Waals surface area contributed by atoms with Crippen molar-refractivity contribution in [1.29, 1.82) is 0 Å². The Labute approximate surface area is 134 Å². The fourth-order valence-corrected chi connectivity index (χ4v) is 2.55. The molecule has 1 atom stereocenters. The van der Waals surface area contributed by atoms with Crippen molar-refractivity contribution in [3.8, 4) is 0 Å². The number of carbonyl (C=O) groups is 2. The zero-order valence-corrected chi connectivity index (χ0v) is 14.3. The molecule has 22 heavy (non-hydrogen) atoms. The fraction of sp³-hybridized carbons (Fsp3) is 0.579. The van der Waals surface area contributed by atoms with Crippen LogP contribution in [0.2, 0.25) is 0 Å². The van der Waals surface area contributed by atoms with Gasteiger partial charge in [-0.3, -0.25) is 4.79 Å². The molecule has 1 aromatic rings. The van der Waals surface area contributed by atoms with Crippen molar-refractivity contribution in [3.05, 3.63) is 29.8 Å². The number of nitrogens with one attached hydrogen (secondary N) is 1. The Balaban J connectivity index is 2.65. The molecule has 0 aliphatic heterocycles. The Bertz CT molecular complexity index is 494. The van der Waals surface area contributed by atoms with Crippen molar-refractivity contribution in [1.82, 2.24) is 0 Å². The standard InChI is InChI=1S/C19H29NO2/c1-5-6-9-17(15(2)22)12-11-16-8-7-10-18(13-16)20-19(3,4)14-21/h7-8,10,13-14,17,20H,5-6,9,11-12H2,1-4H3. The molecule has 0 saturated carbocycles. The smallest absolute Gasteiger partial charge is 0.144 e. The van der Waals surface area contributed by atoms with Gasteiger partial charge in [-0.05, 0) is 57.7 Å². The SMILES string of the molecule is CCCCC(CCc1cccc(NC(C)(C)C=O)c1)C(C)=O. The highest BCUT2D eigenvalue weighted by atomic mass is 16.1. The second-order valence-corrected chi connectivity index (χ2v) is 6.65. The molecule has 0 aliphatic carbocycles. The number of benzene rings is 1. The summed E-state index contributed by atoms with van der Waals surface area (Å²) in [5.41, 5.74) is 1.58. The van der Waals surface area contributed by atoms with Gasteiger partial charge < -0.3 is 10.1 Å². The molecule has 0 saturated heterocycles. The Hall–Kier alpha value is -1.64. The normalized spacial score (nSPS) is 12.7. The second kappa shape index (κ2) is 8.72. The highest BCUT2D eigenvalue weighted by Crippen LogP contribution is 2.20. The number of unbranched alkanes of at least 4 members (excludes halogenated alkanes) is 1. The van der Waals surface area contributed by atoms with Gasteiger partial charge >= 0.3 is 0 Å². The number of hydrogen-bond donors (Lipinski definition) is 1. The molecule has 0 heterocycles. The third-order valence-corrected chi connectivity index (χ3v) is 3.95. The number of ketones is 1. The first-order valence-electron chi connectivity index (χ1n) is 8.22. The van der Waals surface area contributed by atoms with Crippen LogP contribution in [-0.2, 0) is 16.0 Å². The van der Waals surface area contributed by atoms with E-state index in [1.807, 2.05) is 26.0 Å². The van der Waals surface area contributed by atoms with E-state index in [2.05, 4.69) is 24.4 Å².